The Bertz CT molecular complexity index is 387. The van der Waals surface area contributed by atoms with Gasteiger partial charge in [-0.3, -0.25) is 0 Å². The van der Waals surface area contributed by atoms with Crippen molar-refractivity contribution in [3.05, 3.63) is 12.2 Å². The summed E-state index contributed by atoms with van der Waals surface area (Å²) in [5.74, 6) is 0. The Kier molecular flexibility index (Phi) is 16.8. The fraction of sp³-hybridized carbons (Fsp3) is 0.917. The van der Waals surface area contributed by atoms with Gasteiger partial charge in [-0.2, -0.15) is 0 Å². The van der Waals surface area contributed by atoms with Crippen LogP contribution in [0.3, 0.4) is 0 Å². The Labute approximate surface area is 178 Å². The summed E-state index contributed by atoms with van der Waals surface area (Å²) in [7, 11) is 0. The number of aliphatic hydroxyl groups excluding tert-OH is 3. The van der Waals surface area contributed by atoms with Gasteiger partial charge in [0.15, 0.2) is 0 Å². The van der Waals surface area contributed by atoms with E-state index >= 15 is 0 Å². The summed E-state index contributed by atoms with van der Waals surface area (Å²) in [5, 5.41) is 28.9. The number of allylic oxidation sites excluding steroid dienone is 2. The third-order valence-electron chi connectivity index (χ3n) is 5.69. The van der Waals surface area contributed by atoms with E-state index in [1.807, 2.05) is 0 Å². The molecule has 1 heterocycles. The zero-order chi connectivity index (χ0) is 21.2. The Morgan fingerprint density at radius 2 is 1.31 bits per heavy atom. The van der Waals surface area contributed by atoms with Gasteiger partial charge in [0.05, 0.1) is 13.2 Å². The third-order valence-corrected chi connectivity index (χ3v) is 5.69. The van der Waals surface area contributed by atoms with Crippen LogP contribution in [0.4, 0.5) is 0 Å². The highest BCUT2D eigenvalue weighted by atomic mass is 16.6. The molecule has 0 aromatic rings. The van der Waals surface area contributed by atoms with Gasteiger partial charge in [0.25, 0.3) is 0 Å². The minimum atomic E-state index is -1.15. The Morgan fingerprint density at radius 1 is 0.759 bits per heavy atom. The van der Waals surface area contributed by atoms with Crippen molar-refractivity contribution in [1.82, 2.24) is 0 Å². The molecule has 0 aromatic heterocycles. The predicted octanol–water partition coefficient (Wildman–Crippen LogP) is 4.52. The molecule has 0 aromatic carbocycles. The second kappa shape index (κ2) is 18.3. The maximum Gasteiger partial charge on any atom is 0.111 e. The second-order valence-electron chi connectivity index (χ2n) is 8.43. The number of hydrogen-bond acceptors (Lipinski definition) is 5. The Morgan fingerprint density at radius 3 is 1.93 bits per heavy atom. The molecule has 172 valence electrons. The lowest BCUT2D eigenvalue weighted by Gasteiger charge is -2.35. The van der Waals surface area contributed by atoms with Gasteiger partial charge in [0, 0.05) is 6.61 Å². The molecule has 4 atom stereocenters. The summed E-state index contributed by atoms with van der Waals surface area (Å²) in [6.07, 6.45) is 18.9. The molecule has 0 saturated carbocycles. The van der Waals surface area contributed by atoms with Crippen LogP contribution in [0, 0.1) is 0 Å². The fourth-order valence-electron chi connectivity index (χ4n) is 3.66. The predicted molar refractivity (Wildman–Crippen MR) is 118 cm³/mol. The summed E-state index contributed by atoms with van der Waals surface area (Å²) in [4.78, 5) is 0. The molecule has 0 unspecified atom stereocenters. The van der Waals surface area contributed by atoms with Crippen molar-refractivity contribution >= 4 is 0 Å². The van der Waals surface area contributed by atoms with Gasteiger partial charge in [0.1, 0.15) is 24.4 Å². The molecule has 1 saturated heterocycles. The highest BCUT2D eigenvalue weighted by Crippen LogP contribution is 2.16. The van der Waals surface area contributed by atoms with Crippen molar-refractivity contribution in [3.8, 4) is 0 Å². The van der Waals surface area contributed by atoms with Crippen molar-refractivity contribution in [2.75, 3.05) is 19.8 Å². The quantitative estimate of drug-likeness (QED) is 0.227. The SMILES string of the molecule is CCCCCCCCCCC/C=C/CCCCCOC[C@H]1OC[C@H](O)[C@@H](O)[C@@H]1O. The van der Waals surface area contributed by atoms with Crippen molar-refractivity contribution in [1.29, 1.82) is 0 Å². The molecule has 3 N–H and O–H groups in total. The molecule has 0 bridgehead atoms. The molecule has 0 spiro atoms. The van der Waals surface area contributed by atoms with Gasteiger partial charge in [-0.1, -0.05) is 76.9 Å². The summed E-state index contributed by atoms with van der Waals surface area (Å²) in [5.41, 5.74) is 0. The van der Waals surface area contributed by atoms with Crippen LogP contribution in [-0.2, 0) is 9.47 Å². The molecule has 1 aliphatic rings. The van der Waals surface area contributed by atoms with Crippen LogP contribution in [0.2, 0.25) is 0 Å². The first-order chi connectivity index (χ1) is 14.2. The molecule has 0 aliphatic carbocycles. The lowest BCUT2D eigenvalue weighted by molar-refractivity contribution is -0.199. The first kappa shape index (κ1) is 26.6. The summed E-state index contributed by atoms with van der Waals surface area (Å²) in [6.45, 7) is 3.19. The van der Waals surface area contributed by atoms with Crippen LogP contribution in [0.15, 0.2) is 12.2 Å². The van der Waals surface area contributed by atoms with Gasteiger partial charge in [0.2, 0.25) is 0 Å². The normalized spacial score (nSPS) is 25.1. The van der Waals surface area contributed by atoms with E-state index in [-0.39, 0.29) is 13.2 Å². The van der Waals surface area contributed by atoms with Crippen LogP contribution < -0.4 is 0 Å². The highest BCUT2D eigenvalue weighted by Gasteiger charge is 2.37. The molecule has 5 nitrogen and oxygen atoms in total. The zero-order valence-electron chi connectivity index (χ0n) is 18.6. The first-order valence-electron chi connectivity index (χ1n) is 12.0. The number of hydrogen-bond donors (Lipinski definition) is 3. The van der Waals surface area contributed by atoms with E-state index in [4.69, 9.17) is 9.47 Å². The minimum Gasteiger partial charge on any atom is -0.388 e. The van der Waals surface area contributed by atoms with Crippen LogP contribution in [0.1, 0.15) is 96.8 Å². The van der Waals surface area contributed by atoms with Gasteiger partial charge >= 0.3 is 0 Å². The largest absolute Gasteiger partial charge is 0.388 e. The van der Waals surface area contributed by atoms with Crippen molar-refractivity contribution in [2.24, 2.45) is 0 Å². The van der Waals surface area contributed by atoms with Crippen LogP contribution in [0.5, 0.6) is 0 Å². The van der Waals surface area contributed by atoms with Crippen LogP contribution in [0.25, 0.3) is 0 Å². The van der Waals surface area contributed by atoms with Gasteiger partial charge in [-0.25, -0.2) is 0 Å². The molecule has 1 aliphatic heterocycles. The van der Waals surface area contributed by atoms with Crippen molar-refractivity contribution in [3.63, 3.8) is 0 Å². The fourth-order valence-corrected chi connectivity index (χ4v) is 3.66. The molecule has 0 amide bonds. The van der Waals surface area contributed by atoms with E-state index in [2.05, 4.69) is 19.1 Å². The standard InChI is InChI=1S/C24H46O5/c1-2-3-4-5-6-7-8-9-10-11-12-13-14-15-16-17-18-28-20-22-24(27)23(26)21(25)19-29-22/h12-13,21-27H,2-11,14-20H2,1H3/b13-12+/t21-,22+,23+,24+/m0/s1. The van der Waals surface area contributed by atoms with Crippen LogP contribution >= 0.6 is 0 Å². The van der Waals surface area contributed by atoms with Crippen molar-refractivity contribution in [2.45, 2.75) is 121 Å². The average molecular weight is 415 g/mol. The molecular formula is C24H46O5. The summed E-state index contributed by atoms with van der Waals surface area (Å²) >= 11 is 0. The molecular weight excluding hydrogens is 368 g/mol. The Hall–Kier alpha value is -0.460. The number of rotatable bonds is 18. The molecule has 1 fully saturated rings. The third kappa shape index (κ3) is 13.5. The second-order valence-corrected chi connectivity index (χ2v) is 8.43. The zero-order valence-corrected chi connectivity index (χ0v) is 18.6. The van der Waals surface area contributed by atoms with E-state index < -0.39 is 24.4 Å². The topological polar surface area (TPSA) is 79.2 Å². The highest BCUT2D eigenvalue weighted by molar-refractivity contribution is 4.86. The van der Waals surface area contributed by atoms with E-state index in [1.54, 1.807) is 0 Å². The van der Waals surface area contributed by atoms with Crippen LogP contribution in [-0.4, -0.2) is 59.6 Å². The number of ether oxygens (including phenoxy) is 2. The lowest BCUT2D eigenvalue weighted by atomic mass is 10.0. The summed E-state index contributed by atoms with van der Waals surface area (Å²) in [6, 6.07) is 0. The van der Waals surface area contributed by atoms with E-state index in [0.717, 1.165) is 19.3 Å². The average Bonchev–Trinajstić information content (AvgIpc) is 2.72. The monoisotopic (exact) mass is 414 g/mol. The molecule has 1 rings (SSSR count). The molecule has 29 heavy (non-hydrogen) atoms. The van der Waals surface area contributed by atoms with Gasteiger partial charge < -0.3 is 24.8 Å². The van der Waals surface area contributed by atoms with Crippen molar-refractivity contribution < 1.29 is 24.8 Å². The summed E-state index contributed by atoms with van der Waals surface area (Å²) < 4.78 is 10.9. The van der Waals surface area contributed by atoms with Gasteiger partial charge in [-0.15, -0.1) is 0 Å². The Balaban J connectivity index is 1.81. The maximum absolute atomic E-state index is 9.83. The first-order valence-corrected chi connectivity index (χ1v) is 12.0. The van der Waals surface area contributed by atoms with Gasteiger partial charge in [-0.05, 0) is 32.1 Å². The van der Waals surface area contributed by atoms with E-state index in [1.165, 1.54) is 70.6 Å². The smallest absolute Gasteiger partial charge is 0.111 e. The lowest BCUT2D eigenvalue weighted by Crippen LogP contribution is -2.54. The maximum atomic E-state index is 9.83. The number of aliphatic hydroxyl groups is 3. The van der Waals surface area contributed by atoms with E-state index in [9.17, 15) is 15.3 Å². The minimum absolute atomic E-state index is 0.0393. The van der Waals surface area contributed by atoms with E-state index in [0.29, 0.717) is 6.61 Å². The molecule has 5 heteroatoms. The molecule has 0 radical (unpaired) electrons. The number of unbranched alkanes of at least 4 members (excludes halogenated alkanes) is 12.